The summed E-state index contributed by atoms with van der Waals surface area (Å²) in [6.07, 6.45) is 5.83. The van der Waals surface area contributed by atoms with Crippen LogP contribution in [0.1, 0.15) is 155 Å². The normalized spacial score (nSPS) is 17.8. The summed E-state index contributed by atoms with van der Waals surface area (Å²) >= 11 is 0. The Morgan fingerprint density at radius 2 is 0.925 bits per heavy atom. The second-order valence-electron chi connectivity index (χ2n) is 9.71. The largest absolute Gasteiger partial charge is 0.466 e. The lowest BCUT2D eigenvalue weighted by Gasteiger charge is -2.32. The van der Waals surface area contributed by atoms with Crippen LogP contribution in [0.2, 0.25) is 0 Å². The molecule has 1 unspecified atom stereocenters. The quantitative estimate of drug-likeness (QED) is 0.0559. The van der Waals surface area contributed by atoms with Gasteiger partial charge in [-0.05, 0) is 50.9 Å². The van der Waals surface area contributed by atoms with Gasteiger partial charge in [0.1, 0.15) is 0 Å². The summed E-state index contributed by atoms with van der Waals surface area (Å²) in [5, 5.41) is 0. The second-order valence-corrected chi connectivity index (χ2v) is 9.71. The lowest BCUT2D eigenvalue weighted by atomic mass is 9.73. The van der Waals surface area contributed by atoms with Gasteiger partial charge in [-0.2, -0.15) is 9.59 Å². The molecule has 234 valence electrons. The van der Waals surface area contributed by atoms with E-state index in [2.05, 4.69) is 0 Å². The van der Waals surface area contributed by atoms with Crippen molar-refractivity contribution in [3.05, 3.63) is 0 Å². The van der Waals surface area contributed by atoms with Gasteiger partial charge in [0.05, 0.1) is 25.7 Å². The smallest absolute Gasteiger partial charge is 0.373 e. The van der Waals surface area contributed by atoms with Crippen molar-refractivity contribution in [2.24, 2.45) is 22.7 Å². The number of rotatable bonds is 22. The summed E-state index contributed by atoms with van der Waals surface area (Å²) < 4.78 is 113. The highest BCUT2D eigenvalue weighted by molar-refractivity contribution is 5.95. The number of esters is 3. The first-order valence-electron chi connectivity index (χ1n) is 20.4. The van der Waals surface area contributed by atoms with Crippen LogP contribution in [-0.4, -0.2) is 43.9 Å². The van der Waals surface area contributed by atoms with Gasteiger partial charge in [0.15, 0.2) is 5.92 Å². The molecule has 0 aliphatic rings. The Balaban J connectivity index is 0. The molecule has 0 amide bonds. The Morgan fingerprint density at radius 1 is 0.600 bits per heavy atom. The molecular weight excluding hydrogens is 512 g/mol. The summed E-state index contributed by atoms with van der Waals surface area (Å²) in [5.41, 5.74) is -4.91. The van der Waals surface area contributed by atoms with E-state index in [9.17, 15) is 14.4 Å². The first-order valence-corrected chi connectivity index (χ1v) is 14.4. The minimum absolute atomic E-state index is 0.0180. The van der Waals surface area contributed by atoms with E-state index >= 15 is 0 Å². The standard InChI is InChI=1S/C31H58O6.CO2/c1-9-25(27(32)35-10-2)30(5,6)23-21-19-17-15-13-14-16-18-20-22-24-31(7,8)26(28(33)36-11-3)29(34)37-12-4;2-1-3/h25-26H,9-24H2,1-8H3;/i5D3,6D3,7D3,8D3;. The molecule has 0 aliphatic carbocycles. The van der Waals surface area contributed by atoms with Crippen molar-refractivity contribution >= 4 is 24.1 Å². The lowest BCUT2D eigenvalue weighted by molar-refractivity contribution is -0.192. The van der Waals surface area contributed by atoms with Crippen LogP contribution in [0.15, 0.2) is 0 Å². The Bertz CT molecular complexity index is 1050. The molecule has 8 nitrogen and oxygen atoms in total. The van der Waals surface area contributed by atoms with Crippen molar-refractivity contribution in [1.82, 2.24) is 0 Å². The highest BCUT2D eigenvalue weighted by atomic mass is 16.6. The molecule has 0 aromatic rings. The van der Waals surface area contributed by atoms with Gasteiger partial charge < -0.3 is 14.2 Å². The fraction of sp³-hybridized carbons (Fsp3) is 0.875. The van der Waals surface area contributed by atoms with Crippen molar-refractivity contribution in [2.45, 2.75) is 139 Å². The zero-order chi connectivity index (χ0) is 41.0. The Morgan fingerprint density at radius 3 is 1.25 bits per heavy atom. The molecule has 0 aromatic carbocycles. The van der Waals surface area contributed by atoms with Crippen LogP contribution in [0, 0.1) is 22.7 Å². The SMILES string of the molecule is O=C=O.[2H]C([2H])([2H])C(CCCCCCCCCCCCC(C(C(=O)OCC)C(=O)OCC)(C([2H])([2H])[2H])C([2H])([2H])[2H])(C(CC)C(=O)OCC)C([2H])([2H])[2H]. The number of hydrogen-bond acceptors (Lipinski definition) is 8. The molecule has 0 fully saturated rings. The molecule has 0 bridgehead atoms. The van der Waals surface area contributed by atoms with Gasteiger partial charge in [0.25, 0.3) is 0 Å². The molecule has 0 radical (unpaired) electrons. The number of ether oxygens (including phenoxy) is 3. The minimum atomic E-state index is -3.20. The zero-order valence-electron chi connectivity index (χ0n) is 36.7. The maximum atomic E-state index is 12.8. The molecule has 0 aliphatic heterocycles. The van der Waals surface area contributed by atoms with E-state index in [-0.39, 0.29) is 45.2 Å². The molecule has 8 heteroatoms. The van der Waals surface area contributed by atoms with Crippen LogP contribution >= 0.6 is 0 Å². The zero-order valence-corrected chi connectivity index (χ0v) is 24.7. The molecule has 0 saturated heterocycles. The van der Waals surface area contributed by atoms with E-state index in [0.29, 0.717) is 25.7 Å². The molecule has 0 spiro atoms. The summed E-state index contributed by atoms with van der Waals surface area (Å²) in [6.45, 7) is -6.44. The Kier molecular flexibility index (Phi) is 13.2. The maximum absolute atomic E-state index is 12.8. The van der Waals surface area contributed by atoms with Crippen LogP contribution in [0.4, 0.5) is 0 Å². The molecule has 0 saturated carbocycles. The Hall–Kier alpha value is -2.21. The molecule has 0 heterocycles. The average molecular weight is 583 g/mol. The number of carbonyl (C=O) groups excluding carboxylic acids is 5. The summed E-state index contributed by atoms with van der Waals surface area (Å²) in [5.74, 6) is -6.72. The monoisotopic (exact) mass is 582 g/mol. The van der Waals surface area contributed by atoms with Crippen molar-refractivity contribution in [3.63, 3.8) is 0 Å². The van der Waals surface area contributed by atoms with Gasteiger partial charge in [0.2, 0.25) is 0 Å². The summed E-state index contributed by atoms with van der Waals surface area (Å²) in [6, 6.07) is 0. The van der Waals surface area contributed by atoms with Gasteiger partial charge in [-0.1, -0.05) is 98.5 Å². The van der Waals surface area contributed by atoms with Gasteiger partial charge in [0, 0.05) is 16.4 Å². The van der Waals surface area contributed by atoms with E-state index in [4.69, 9.17) is 40.2 Å². The second kappa shape index (κ2) is 23.5. The molecule has 0 aromatic heterocycles. The molecule has 40 heavy (non-hydrogen) atoms. The number of hydrogen-bond donors (Lipinski definition) is 0. The molecular formula is C32H58O8. The third kappa shape index (κ3) is 17.5. The Labute approximate surface area is 260 Å². The third-order valence-electron chi connectivity index (χ3n) is 6.50. The number of unbranched alkanes of at least 4 members (excludes halogenated alkanes) is 9. The fourth-order valence-electron chi connectivity index (χ4n) is 4.45. The van der Waals surface area contributed by atoms with E-state index in [1.807, 2.05) is 0 Å². The van der Waals surface area contributed by atoms with Crippen molar-refractivity contribution < 1.29 is 54.6 Å². The van der Waals surface area contributed by atoms with Gasteiger partial charge in [-0.15, -0.1) is 0 Å². The average Bonchev–Trinajstić information content (AvgIpc) is 2.98. The van der Waals surface area contributed by atoms with Crippen LogP contribution < -0.4 is 0 Å². The van der Waals surface area contributed by atoms with Gasteiger partial charge in [-0.25, -0.2) is 0 Å². The summed E-state index contributed by atoms with van der Waals surface area (Å²) in [7, 11) is 0. The minimum Gasteiger partial charge on any atom is -0.466 e. The molecule has 0 N–H and O–H groups in total. The summed E-state index contributed by atoms with van der Waals surface area (Å²) in [4.78, 5) is 54.6. The predicted molar refractivity (Wildman–Crippen MR) is 155 cm³/mol. The molecule has 0 rings (SSSR count). The van der Waals surface area contributed by atoms with Crippen LogP contribution in [0.3, 0.4) is 0 Å². The van der Waals surface area contributed by atoms with Crippen molar-refractivity contribution in [2.75, 3.05) is 19.8 Å². The van der Waals surface area contributed by atoms with Gasteiger partial charge >= 0.3 is 24.1 Å². The topological polar surface area (TPSA) is 113 Å². The van der Waals surface area contributed by atoms with Crippen molar-refractivity contribution in [3.8, 4) is 0 Å². The van der Waals surface area contributed by atoms with E-state index in [0.717, 1.165) is 32.1 Å². The van der Waals surface area contributed by atoms with E-state index < -0.39 is 74.4 Å². The van der Waals surface area contributed by atoms with Gasteiger partial charge in [-0.3, -0.25) is 14.4 Å². The third-order valence-corrected chi connectivity index (χ3v) is 6.50. The van der Waals surface area contributed by atoms with E-state index in [1.165, 1.54) is 13.8 Å². The highest BCUT2D eigenvalue weighted by Crippen LogP contribution is 2.36. The number of carbonyl (C=O) groups is 3. The van der Waals surface area contributed by atoms with Crippen LogP contribution in [0.25, 0.3) is 0 Å². The molecule has 1 atom stereocenters. The highest BCUT2D eigenvalue weighted by Gasteiger charge is 2.42. The predicted octanol–water partition coefficient (Wildman–Crippen LogP) is 7.47. The first kappa shape index (κ1) is 22.4. The van der Waals surface area contributed by atoms with Crippen LogP contribution in [-0.2, 0) is 38.2 Å². The fourth-order valence-corrected chi connectivity index (χ4v) is 4.45. The van der Waals surface area contributed by atoms with Crippen molar-refractivity contribution in [1.29, 1.82) is 0 Å². The lowest BCUT2D eigenvalue weighted by Crippen LogP contribution is -2.39. The first-order chi connectivity index (χ1) is 23.9. The maximum Gasteiger partial charge on any atom is 0.373 e. The van der Waals surface area contributed by atoms with Crippen LogP contribution in [0.5, 0.6) is 0 Å². The van der Waals surface area contributed by atoms with E-state index in [1.54, 1.807) is 13.8 Å².